The van der Waals surface area contributed by atoms with Gasteiger partial charge in [0.15, 0.2) is 5.76 Å². The molecule has 1 fully saturated rings. The molecule has 8 nitrogen and oxygen atoms in total. The minimum absolute atomic E-state index is 0.146. The highest BCUT2D eigenvalue weighted by Gasteiger charge is 2.32. The summed E-state index contributed by atoms with van der Waals surface area (Å²) in [6, 6.07) is 10.7. The first-order valence-electron chi connectivity index (χ1n) is 14.0. The van der Waals surface area contributed by atoms with E-state index in [1.54, 1.807) is 23.3 Å². The molecule has 0 unspecified atom stereocenters. The van der Waals surface area contributed by atoms with Gasteiger partial charge in [0.25, 0.3) is 5.91 Å². The van der Waals surface area contributed by atoms with Crippen LogP contribution in [0.25, 0.3) is 11.0 Å². The zero-order valence-corrected chi connectivity index (χ0v) is 23.6. The minimum Gasteiger partial charge on any atom is -0.464 e. The number of amides is 2. The van der Waals surface area contributed by atoms with Crippen LogP contribution >= 0.6 is 0 Å². The maximum Gasteiger partial charge on any atom is 0.289 e. The van der Waals surface area contributed by atoms with Gasteiger partial charge < -0.3 is 18.6 Å². The molecule has 4 aromatic rings. The number of carbonyl (C=O) groups excluding carboxylic acids is 2. The molecule has 0 radical (unpaired) electrons. The van der Waals surface area contributed by atoms with Crippen LogP contribution in [0.15, 0.2) is 56.6 Å². The summed E-state index contributed by atoms with van der Waals surface area (Å²) in [6.45, 7) is 7.91. The SMILES string of the molecule is Cc1cc(C)c2c(CC(=O)N/N=C3\CCCc4oc(C(=O)N5CCN(c6ccccc6F)CC5)c(C)c43)coc2c1. The third kappa shape index (κ3) is 5.12. The number of para-hydroxylation sites is 1. The number of hydrogen-bond acceptors (Lipinski definition) is 6. The van der Waals surface area contributed by atoms with Gasteiger partial charge in [0.1, 0.15) is 17.2 Å². The van der Waals surface area contributed by atoms with Crippen LogP contribution in [0.4, 0.5) is 10.1 Å². The summed E-state index contributed by atoms with van der Waals surface area (Å²) in [4.78, 5) is 30.1. The van der Waals surface area contributed by atoms with Crippen molar-refractivity contribution in [1.29, 1.82) is 0 Å². The summed E-state index contributed by atoms with van der Waals surface area (Å²) in [5, 5.41) is 5.44. The maximum absolute atomic E-state index is 14.2. The van der Waals surface area contributed by atoms with Crippen molar-refractivity contribution in [1.82, 2.24) is 10.3 Å². The second kappa shape index (κ2) is 10.9. The lowest BCUT2D eigenvalue weighted by Gasteiger charge is -2.35. The molecule has 212 valence electrons. The average Bonchev–Trinajstić information content (AvgIpc) is 3.52. The number of rotatable bonds is 5. The molecule has 1 N–H and O–H groups in total. The third-order valence-electron chi connectivity index (χ3n) is 8.04. The van der Waals surface area contributed by atoms with E-state index in [1.807, 2.05) is 37.8 Å². The van der Waals surface area contributed by atoms with Gasteiger partial charge in [-0.3, -0.25) is 9.59 Å². The van der Waals surface area contributed by atoms with E-state index < -0.39 is 0 Å². The quantitative estimate of drug-likeness (QED) is 0.330. The molecular weight excluding hydrogens is 523 g/mol. The van der Waals surface area contributed by atoms with Crippen molar-refractivity contribution >= 4 is 34.2 Å². The van der Waals surface area contributed by atoms with Gasteiger partial charge in [-0.15, -0.1) is 0 Å². The van der Waals surface area contributed by atoms with E-state index in [1.165, 1.54) is 6.07 Å². The maximum atomic E-state index is 14.2. The van der Waals surface area contributed by atoms with Gasteiger partial charge in [0.2, 0.25) is 5.91 Å². The Balaban J connectivity index is 1.15. The van der Waals surface area contributed by atoms with Crippen LogP contribution in [-0.2, 0) is 17.6 Å². The number of nitrogens with one attached hydrogen (secondary N) is 1. The van der Waals surface area contributed by atoms with E-state index in [4.69, 9.17) is 8.83 Å². The number of anilines is 1. The van der Waals surface area contributed by atoms with Crippen molar-refractivity contribution in [2.24, 2.45) is 5.10 Å². The first-order chi connectivity index (χ1) is 19.8. The van der Waals surface area contributed by atoms with E-state index in [-0.39, 0.29) is 24.1 Å². The Morgan fingerprint density at radius 1 is 1.05 bits per heavy atom. The van der Waals surface area contributed by atoms with Crippen molar-refractivity contribution < 1.29 is 22.8 Å². The number of aryl methyl sites for hydroxylation is 3. The summed E-state index contributed by atoms with van der Waals surface area (Å²) in [5.74, 6) is 0.361. The molecule has 2 aliphatic rings. The molecule has 0 spiro atoms. The van der Waals surface area contributed by atoms with Gasteiger partial charge in [-0.25, -0.2) is 9.82 Å². The third-order valence-corrected chi connectivity index (χ3v) is 8.04. The van der Waals surface area contributed by atoms with Crippen molar-refractivity contribution in [3.8, 4) is 0 Å². The Kier molecular flexibility index (Phi) is 7.11. The molecule has 1 saturated heterocycles. The van der Waals surface area contributed by atoms with Gasteiger partial charge >= 0.3 is 0 Å². The fourth-order valence-corrected chi connectivity index (χ4v) is 6.09. The van der Waals surface area contributed by atoms with E-state index in [0.29, 0.717) is 56.2 Å². The lowest BCUT2D eigenvalue weighted by atomic mass is 9.93. The summed E-state index contributed by atoms with van der Waals surface area (Å²) in [5.41, 5.74) is 9.30. The van der Waals surface area contributed by atoms with Gasteiger partial charge in [0.05, 0.1) is 24.1 Å². The Labute approximate surface area is 237 Å². The van der Waals surface area contributed by atoms with Crippen molar-refractivity contribution in [2.75, 3.05) is 31.1 Å². The zero-order chi connectivity index (χ0) is 28.7. The number of piperazine rings is 1. The van der Waals surface area contributed by atoms with Gasteiger partial charge in [-0.1, -0.05) is 18.2 Å². The summed E-state index contributed by atoms with van der Waals surface area (Å²) >= 11 is 0. The van der Waals surface area contributed by atoms with Crippen LogP contribution in [-0.4, -0.2) is 48.6 Å². The number of nitrogens with zero attached hydrogens (tertiary/aromatic N) is 3. The number of fused-ring (bicyclic) bond motifs is 2. The number of benzene rings is 2. The molecule has 1 aliphatic heterocycles. The molecule has 2 aromatic carbocycles. The summed E-state index contributed by atoms with van der Waals surface area (Å²) in [6.07, 6.45) is 3.98. The lowest BCUT2D eigenvalue weighted by molar-refractivity contribution is -0.120. The number of hydrogen-bond donors (Lipinski definition) is 1. The van der Waals surface area contributed by atoms with Crippen molar-refractivity contribution in [3.05, 3.63) is 87.8 Å². The molecule has 6 rings (SSSR count). The molecule has 9 heteroatoms. The molecule has 2 amide bonds. The largest absolute Gasteiger partial charge is 0.464 e. The van der Waals surface area contributed by atoms with Crippen LogP contribution in [0.2, 0.25) is 0 Å². The van der Waals surface area contributed by atoms with Crippen LogP contribution in [0.3, 0.4) is 0 Å². The monoisotopic (exact) mass is 556 g/mol. The Hall–Kier alpha value is -4.40. The first kappa shape index (κ1) is 26.8. The fourth-order valence-electron chi connectivity index (χ4n) is 6.09. The number of hydrazone groups is 1. The van der Waals surface area contributed by atoms with E-state index in [9.17, 15) is 14.0 Å². The molecular formula is C32H33FN4O4. The van der Waals surface area contributed by atoms with Crippen LogP contribution in [0.1, 0.15) is 57.0 Å². The topological polar surface area (TPSA) is 91.3 Å². The average molecular weight is 557 g/mol. The second-order valence-corrected chi connectivity index (χ2v) is 10.9. The summed E-state index contributed by atoms with van der Waals surface area (Å²) in [7, 11) is 0. The smallest absolute Gasteiger partial charge is 0.289 e. The highest BCUT2D eigenvalue weighted by molar-refractivity contribution is 6.06. The van der Waals surface area contributed by atoms with Crippen molar-refractivity contribution in [2.45, 2.75) is 46.5 Å². The van der Waals surface area contributed by atoms with Crippen LogP contribution < -0.4 is 10.3 Å². The van der Waals surface area contributed by atoms with E-state index in [2.05, 4.69) is 16.6 Å². The molecule has 0 bridgehead atoms. The van der Waals surface area contributed by atoms with Gasteiger partial charge in [-0.05, 0) is 62.9 Å². The van der Waals surface area contributed by atoms with Gasteiger partial charge in [0, 0.05) is 54.7 Å². The number of furan rings is 2. The standard InChI is InChI=1S/C32H33FN4O4/c1-19-15-20(2)29-22(18-40-27(29)16-19)17-28(38)35-34-24-8-6-10-26-30(24)21(3)31(41-26)32(39)37-13-11-36(12-14-37)25-9-5-4-7-23(25)33/h4-5,7,9,15-16,18H,6,8,10-14,17H2,1-3H3,(H,35,38)/b34-24+. The lowest BCUT2D eigenvalue weighted by Crippen LogP contribution is -2.49. The summed E-state index contributed by atoms with van der Waals surface area (Å²) < 4.78 is 26.0. The number of carbonyl (C=O) groups is 2. The van der Waals surface area contributed by atoms with Crippen LogP contribution in [0.5, 0.6) is 0 Å². The zero-order valence-electron chi connectivity index (χ0n) is 23.6. The highest BCUT2D eigenvalue weighted by atomic mass is 19.1. The Bertz CT molecular complexity index is 1680. The minimum atomic E-state index is -0.260. The second-order valence-electron chi connectivity index (χ2n) is 10.9. The predicted molar refractivity (Wildman–Crippen MR) is 155 cm³/mol. The normalized spacial score (nSPS) is 16.3. The highest BCUT2D eigenvalue weighted by Crippen LogP contribution is 2.31. The van der Waals surface area contributed by atoms with E-state index >= 15 is 0 Å². The first-order valence-corrected chi connectivity index (χ1v) is 14.0. The number of halogens is 1. The van der Waals surface area contributed by atoms with Crippen molar-refractivity contribution in [3.63, 3.8) is 0 Å². The van der Waals surface area contributed by atoms with Gasteiger partial charge in [-0.2, -0.15) is 5.10 Å². The molecule has 3 heterocycles. The van der Waals surface area contributed by atoms with E-state index in [0.717, 1.165) is 51.0 Å². The van der Waals surface area contributed by atoms with Crippen LogP contribution in [0, 0.1) is 26.6 Å². The fraction of sp³-hybridized carbons (Fsp3) is 0.344. The molecule has 41 heavy (non-hydrogen) atoms. The molecule has 0 atom stereocenters. The Morgan fingerprint density at radius 2 is 1.83 bits per heavy atom. The molecule has 1 aliphatic carbocycles. The molecule has 0 saturated carbocycles. The predicted octanol–water partition coefficient (Wildman–Crippen LogP) is 5.45. The Morgan fingerprint density at radius 3 is 2.61 bits per heavy atom. The molecule has 2 aromatic heterocycles.